The molecule has 0 aromatic carbocycles. The van der Waals surface area contributed by atoms with Gasteiger partial charge in [0.1, 0.15) is 0 Å². The highest BCUT2D eigenvalue weighted by atomic mass is 16.5. The molecule has 5 N–H and O–H groups in total. The quantitative estimate of drug-likeness (QED) is 0.455. The summed E-state index contributed by atoms with van der Waals surface area (Å²) in [4.78, 5) is 0. The second-order valence-electron chi connectivity index (χ2n) is 4.73. The average Bonchev–Trinajstić information content (AvgIpc) is 2.32. The fraction of sp³-hybridized carbons (Fsp3) is 1.00. The lowest BCUT2D eigenvalue weighted by molar-refractivity contribution is 0.0281. The first-order chi connectivity index (χ1) is 8.20. The number of rotatable bonds is 12. The molecule has 0 radical (unpaired) electrons. The summed E-state index contributed by atoms with van der Waals surface area (Å²) >= 11 is 0. The minimum Gasteiger partial charge on any atom is -0.391 e. The third-order valence-electron chi connectivity index (χ3n) is 2.83. The molecule has 0 bridgehead atoms. The zero-order valence-electron chi connectivity index (χ0n) is 11.2. The Balaban J connectivity index is 3.16. The van der Waals surface area contributed by atoms with Crippen molar-refractivity contribution >= 4 is 0 Å². The smallest absolute Gasteiger partial charge is 0.0788 e. The van der Waals surface area contributed by atoms with Crippen LogP contribution in [0.2, 0.25) is 0 Å². The highest BCUT2D eigenvalue weighted by molar-refractivity contribution is 4.67. The molecule has 0 aliphatic rings. The van der Waals surface area contributed by atoms with Crippen LogP contribution < -0.4 is 11.5 Å². The van der Waals surface area contributed by atoms with E-state index in [0.29, 0.717) is 19.6 Å². The molecule has 0 amide bonds. The van der Waals surface area contributed by atoms with E-state index >= 15 is 0 Å². The lowest BCUT2D eigenvalue weighted by atomic mass is 10.1. The Labute approximate surface area is 106 Å². The maximum atomic E-state index is 9.56. The van der Waals surface area contributed by atoms with Crippen LogP contribution in [0, 0.1) is 0 Å². The van der Waals surface area contributed by atoms with Crippen LogP contribution in [0.5, 0.6) is 0 Å². The van der Waals surface area contributed by atoms with Gasteiger partial charge in [0.2, 0.25) is 0 Å². The van der Waals surface area contributed by atoms with Crippen LogP contribution in [-0.4, -0.2) is 37.0 Å². The zero-order chi connectivity index (χ0) is 12.9. The number of hydrogen-bond donors (Lipinski definition) is 3. The molecule has 0 fully saturated rings. The summed E-state index contributed by atoms with van der Waals surface area (Å²) in [7, 11) is 0. The van der Waals surface area contributed by atoms with Gasteiger partial charge in [-0.1, -0.05) is 39.0 Å². The van der Waals surface area contributed by atoms with E-state index in [1.54, 1.807) is 0 Å². The van der Waals surface area contributed by atoms with E-state index in [-0.39, 0.29) is 6.04 Å². The maximum absolute atomic E-state index is 9.56. The van der Waals surface area contributed by atoms with Crippen LogP contribution in [0.3, 0.4) is 0 Å². The molecule has 4 nitrogen and oxygen atoms in total. The highest BCUT2D eigenvalue weighted by Crippen LogP contribution is 2.05. The van der Waals surface area contributed by atoms with Crippen molar-refractivity contribution in [3.63, 3.8) is 0 Å². The van der Waals surface area contributed by atoms with Gasteiger partial charge in [0.15, 0.2) is 0 Å². The van der Waals surface area contributed by atoms with Crippen molar-refractivity contribution in [3.05, 3.63) is 0 Å². The zero-order valence-corrected chi connectivity index (χ0v) is 11.2. The van der Waals surface area contributed by atoms with Crippen molar-refractivity contribution in [2.75, 3.05) is 19.8 Å². The fourth-order valence-corrected chi connectivity index (χ4v) is 1.72. The monoisotopic (exact) mass is 246 g/mol. The van der Waals surface area contributed by atoms with Crippen molar-refractivity contribution in [2.45, 2.75) is 64.0 Å². The third-order valence-corrected chi connectivity index (χ3v) is 2.83. The van der Waals surface area contributed by atoms with Crippen molar-refractivity contribution < 1.29 is 9.84 Å². The van der Waals surface area contributed by atoms with Crippen LogP contribution in [0.15, 0.2) is 0 Å². The number of aliphatic hydroxyl groups is 1. The summed E-state index contributed by atoms with van der Waals surface area (Å²) in [5.74, 6) is 0. The molecule has 17 heavy (non-hydrogen) atoms. The molecule has 0 aromatic heterocycles. The molecule has 0 spiro atoms. The van der Waals surface area contributed by atoms with Gasteiger partial charge >= 0.3 is 0 Å². The molecule has 0 heterocycles. The summed E-state index contributed by atoms with van der Waals surface area (Å²) < 4.78 is 5.40. The van der Waals surface area contributed by atoms with Gasteiger partial charge in [-0.05, 0) is 12.8 Å². The van der Waals surface area contributed by atoms with Gasteiger partial charge in [0.05, 0.1) is 12.7 Å². The number of ether oxygens (including phenoxy) is 1. The van der Waals surface area contributed by atoms with Gasteiger partial charge in [-0.2, -0.15) is 0 Å². The highest BCUT2D eigenvalue weighted by Gasteiger charge is 2.09. The average molecular weight is 246 g/mol. The molecule has 0 saturated carbocycles. The minimum atomic E-state index is -0.478. The SMILES string of the molecule is CCCCCCCCOCC(O)CC(N)CN. The molecular formula is C13H30N2O2. The van der Waals surface area contributed by atoms with Crippen molar-refractivity contribution in [1.29, 1.82) is 0 Å². The summed E-state index contributed by atoms with van der Waals surface area (Å²) in [6.07, 6.45) is 7.57. The van der Waals surface area contributed by atoms with Crippen LogP contribution >= 0.6 is 0 Å². The molecule has 4 heteroatoms. The Morgan fingerprint density at radius 3 is 2.41 bits per heavy atom. The van der Waals surface area contributed by atoms with Crippen molar-refractivity contribution in [2.24, 2.45) is 11.5 Å². The molecule has 2 atom stereocenters. The lowest BCUT2D eigenvalue weighted by Gasteiger charge is -2.14. The van der Waals surface area contributed by atoms with Gasteiger partial charge in [-0.15, -0.1) is 0 Å². The molecule has 0 aliphatic heterocycles. The molecule has 2 unspecified atom stereocenters. The predicted molar refractivity (Wildman–Crippen MR) is 71.8 cm³/mol. The molecular weight excluding hydrogens is 216 g/mol. The first-order valence-corrected chi connectivity index (χ1v) is 6.92. The number of nitrogens with two attached hydrogens (primary N) is 2. The Hall–Kier alpha value is -0.160. The van der Waals surface area contributed by atoms with Gasteiger partial charge in [-0.25, -0.2) is 0 Å². The first kappa shape index (κ1) is 16.8. The number of aliphatic hydroxyl groups excluding tert-OH is 1. The van der Waals surface area contributed by atoms with E-state index in [4.69, 9.17) is 16.2 Å². The molecule has 0 saturated heterocycles. The maximum Gasteiger partial charge on any atom is 0.0788 e. The van der Waals surface area contributed by atoms with E-state index in [0.717, 1.165) is 13.0 Å². The van der Waals surface area contributed by atoms with Gasteiger partial charge in [0, 0.05) is 19.2 Å². The van der Waals surface area contributed by atoms with Gasteiger partial charge in [0.25, 0.3) is 0 Å². The number of hydrogen-bond acceptors (Lipinski definition) is 4. The predicted octanol–water partition coefficient (Wildman–Crippen LogP) is 1.40. The number of unbranched alkanes of at least 4 members (excludes halogenated alkanes) is 5. The van der Waals surface area contributed by atoms with Gasteiger partial charge < -0.3 is 21.3 Å². The molecule has 0 aromatic rings. The topological polar surface area (TPSA) is 81.5 Å². The van der Waals surface area contributed by atoms with Crippen LogP contribution in [0.4, 0.5) is 0 Å². The third kappa shape index (κ3) is 12.1. The summed E-state index contributed by atoms with van der Waals surface area (Å²) in [6.45, 7) is 3.74. The summed E-state index contributed by atoms with van der Waals surface area (Å²) in [5, 5.41) is 9.56. The summed E-state index contributed by atoms with van der Waals surface area (Å²) in [6, 6.07) is -0.123. The molecule has 0 rings (SSSR count). The van der Waals surface area contributed by atoms with E-state index in [2.05, 4.69) is 6.92 Å². The Morgan fingerprint density at radius 2 is 1.76 bits per heavy atom. The van der Waals surface area contributed by atoms with Crippen molar-refractivity contribution in [1.82, 2.24) is 0 Å². The molecule has 104 valence electrons. The second kappa shape index (κ2) is 12.3. The normalized spacial score (nSPS) is 14.8. The second-order valence-corrected chi connectivity index (χ2v) is 4.73. The van der Waals surface area contributed by atoms with E-state index in [1.165, 1.54) is 32.1 Å². The van der Waals surface area contributed by atoms with E-state index in [1.807, 2.05) is 0 Å². The fourth-order valence-electron chi connectivity index (χ4n) is 1.72. The Kier molecular flexibility index (Phi) is 12.2. The van der Waals surface area contributed by atoms with Crippen molar-refractivity contribution in [3.8, 4) is 0 Å². The van der Waals surface area contributed by atoms with Crippen LogP contribution in [0.1, 0.15) is 51.9 Å². The van der Waals surface area contributed by atoms with Gasteiger partial charge in [-0.3, -0.25) is 0 Å². The Morgan fingerprint density at radius 1 is 1.12 bits per heavy atom. The van der Waals surface area contributed by atoms with Crippen LogP contribution in [0.25, 0.3) is 0 Å². The standard InChI is InChI=1S/C13H30N2O2/c1-2-3-4-5-6-7-8-17-11-13(16)9-12(15)10-14/h12-13,16H,2-11,14-15H2,1H3. The van der Waals surface area contributed by atoms with E-state index < -0.39 is 6.10 Å². The van der Waals surface area contributed by atoms with E-state index in [9.17, 15) is 5.11 Å². The van der Waals surface area contributed by atoms with Crippen LogP contribution in [-0.2, 0) is 4.74 Å². The first-order valence-electron chi connectivity index (χ1n) is 6.92. The molecule has 0 aliphatic carbocycles. The minimum absolute atomic E-state index is 0.123. The summed E-state index contributed by atoms with van der Waals surface area (Å²) in [5.41, 5.74) is 11.0. The Bertz CT molecular complexity index is 156. The lowest BCUT2D eigenvalue weighted by Crippen LogP contribution is -2.35. The largest absolute Gasteiger partial charge is 0.391 e.